The summed E-state index contributed by atoms with van der Waals surface area (Å²) in [6.45, 7) is 7.89. The highest BCUT2D eigenvalue weighted by molar-refractivity contribution is 8.03. The van der Waals surface area contributed by atoms with Crippen molar-refractivity contribution in [3.63, 3.8) is 0 Å². The quantitative estimate of drug-likeness (QED) is 0.558. The molecule has 0 fully saturated rings. The van der Waals surface area contributed by atoms with E-state index in [0.29, 0.717) is 11.6 Å². The maximum atomic E-state index is 12.7. The molecule has 0 aromatic heterocycles. The van der Waals surface area contributed by atoms with Crippen molar-refractivity contribution in [2.24, 2.45) is 0 Å². The van der Waals surface area contributed by atoms with Gasteiger partial charge >= 0.3 is 0 Å². The molecule has 2 aromatic carbocycles. The first-order valence-electron chi connectivity index (χ1n) is 8.08. The highest BCUT2D eigenvalue weighted by atomic mass is 32.2. The molecule has 2 aromatic rings. The number of hydrogen-bond acceptors (Lipinski definition) is 4. The third-order valence-corrected chi connectivity index (χ3v) is 6.21. The minimum Gasteiger partial charge on any atom is -0.279 e. The maximum absolute atomic E-state index is 12.7. The molecule has 0 aliphatic carbocycles. The number of rotatable bonds is 6. The van der Waals surface area contributed by atoms with Crippen LogP contribution in [-0.4, -0.2) is 8.42 Å². The molecule has 0 radical (unpaired) electrons. The van der Waals surface area contributed by atoms with Crippen LogP contribution in [0.1, 0.15) is 42.9 Å². The zero-order valence-electron chi connectivity index (χ0n) is 14.8. The first-order chi connectivity index (χ1) is 11.8. The van der Waals surface area contributed by atoms with E-state index < -0.39 is 10.0 Å². The fourth-order valence-electron chi connectivity index (χ4n) is 2.60. The lowest BCUT2D eigenvalue weighted by Crippen LogP contribution is -2.15. The van der Waals surface area contributed by atoms with Gasteiger partial charge in [0.15, 0.2) is 0 Å². The smallest absolute Gasteiger partial charge is 0.261 e. The van der Waals surface area contributed by atoms with Crippen molar-refractivity contribution in [1.29, 1.82) is 5.26 Å². The van der Waals surface area contributed by atoms with Gasteiger partial charge in [0.25, 0.3) is 10.0 Å². The van der Waals surface area contributed by atoms with Gasteiger partial charge in [-0.2, -0.15) is 5.26 Å². The zero-order valence-corrected chi connectivity index (χ0v) is 16.5. The predicted molar refractivity (Wildman–Crippen MR) is 103 cm³/mol. The van der Waals surface area contributed by atoms with Crippen LogP contribution in [0, 0.1) is 24.5 Å². The van der Waals surface area contributed by atoms with Gasteiger partial charge in [-0.3, -0.25) is 4.72 Å². The number of anilines is 1. The molecule has 0 spiro atoms. The van der Waals surface area contributed by atoms with E-state index in [9.17, 15) is 8.42 Å². The minimum atomic E-state index is -3.65. The van der Waals surface area contributed by atoms with Crippen molar-refractivity contribution in [2.75, 3.05) is 4.72 Å². The molecule has 0 amide bonds. The summed E-state index contributed by atoms with van der Waals surface area (Å²) in [7, 11) is -3.65. The van der Waals surface area contributed by atoms with E-state index in [1.165, 1.54) is 0 Å². The average Bonchev–Trinajstić information content (AvgIpc) is 2.58. The monoisotopic (exact) mass is 374 g/mol. The molecular formula is C19H22N2O2S2. The summed E-state index contributed by atoms with van der Waals surface area (Å²) in [6.07, 6.45) is 1.01. The van der Waals surface area contributed by atoms with Crippen LogP contribution in [0.5, 0.6) is 0 Å². The van der Waals surface area contributed by atoms with Gasteiger partial charge in [-0.05, 0) is 78.9 Å². The number of thiocyanates is 1. The Hall–Kier alpha value is -1.97. The maximum Gasteiger partial charge on any atom is 0.261 e. The second-order valence-corrected chi connectivity index (χ2v) is 8.65. The van der Waals surface area contributed by atoms with E-state index in [4.69, 9.17) is 5.26 Å². The molecule has 2 rings (SSSR count). The standard InChI is InChI=1S/C19H22N2O2S2/c1-5-13(2)16-6-8-18(9-7-16)25(22,23)21-19-14(3)10-17(24-12-20)11-15(19)4/h6-11,13,21H,5H2,1-4H3/t13-/m0/s1. The number of sulfonamides is 1. The predicted octanol–water partition coefficient (Wildman–Crippen LogP) is 5.19. The normalized spacial score (nSPS) is 12.4. The largest absolute Gasteiger partial charge is 0.279 e. The lowest BCUT2D eigenvalue weighted by atomic mass is 9.99. The Morgan fingerprint density at radius 2 is 1.72 bits per heavy atom. The van der Waals surface area contributed by atoms with Crippen LogP contribution in [-0.2, 0) is 10.0 Å². The molecular weight excluding hydrogens is 352 g/mol. The van der Waals surface area contributed by atoms with Crippen LogP contribution in [0.25, 0.3) is 0 Å². The second-order valence-electron chi connectivity index (χ2n) is 6.11. The van der Waals surface area contributed by atoms with Crippen LogP contribution in [0.3, 0.4) is 0 Å². The van der Waals surface area contributed by atoms with Gasteiger partial charge in [0.2, 0.25) is 0 Å². The van der Waals surface area contributed by atoms with Gasteiger partial charge in [0, 0.05) is 4.90 Å². The van der Waals surface area contributed by atoms with E-state index in [2.05, 4.69) is 18.6 Å². The number of nitriles is 1. The Labute approximate surface area is 154 Å². The molecule has 4 nitrogen and oxygen atoms in total. The Morgan fingerprint density at radius 3 is 2.20 bits per heavy atom. The molecule has 0 saturated carbocycles. The van der Waals surface area contributed by atoms with E-state index in [-0.39, 0.29) is 4.90 Å². The number of nitrogens with zero attached hydrogens (tertiary/aromatic N) is 1. The molecule has 6 heteroatoms. The molecule has 0 saturated heterocycles. The summed E-state index contributed by atoms with van der Waals surface area (Å²) in [5.41, 5.74) is 3.27. The van der Waals surface area contributed by atoms with Gasteiger partial charge in [-0.1, -0.05) is 26.0 Å². The van der Waals surface area contributed by atoms with Gasteiger partial charge in [0.1, 0.15) is 5.40 Å². The van der Waals surface area contributed by atoms with Gasteiger partial charge < -0.3 is 0 Å². The number of aryl methyl sites for hydroxylation is 2. The molecule has 0 aliphatic rings. The summed E-state index contributed by atoms with van der Waals surface area (Å²) < 4.78 is 28.1. The molecule has 0 aliphatic heterocycles. The fraction of sp³-hybridized carbons (Fsp3) is 0.316. The van der Waals surface area contributed by atoms with Crippen LogP contribution < -0.4 is 4.72 Å². The average molecular weight is 375 g/mol. The molecule has 1 N–H and O–H groups in total. The number of nitrogens with one attached hydrogen (secondary N) is 1. The SMILES string of the molecule is CC[C@H](C)c1ccc(S(=O)(=O)Nc2c(C)cc(SC#N)cc2C)cc1. The van der Waals surface area contributed by atoms with E-state index >= 15 is 0 Å². The Balaban J connectivity index is 2.31. The van der Waals surface area contributed by atoms with E-state index in [1.807, 2.05) is 43.5 Å². The van der Waals surface area contributed by atoms with Crippen molar-refractivity contribution in [2.45, 2.75) is 49.8 Å². The summed E-state index contributed by atoms with van der Waals surface area (Å²) in [4.78, 5) is 1.05. The molecule has 0 bridgehead atoms. The summed E-state index contributed by atoms with van der Waals surface area (Å²) in [5.74, 6) is 0.402. The number of benzene rings is 2. The Bertz CT molecular complexity index is 875. The van der Waals surface area contributed by atoms with Gasteiger partial charge in [0.05, 0.1) is 10.6 Å². The first-order valence-corrected chi connectivity index (χ1v) is 10.4. The fourth-order valence-corrected chi connectivity index (χ4v) is 4.38. The van der Waals surface area contributed by atoms with Crippen molar-refractivity contribution < 1.29 is 8.42 Å². The number of hydrogen-bond donors (Lipinski definition) is 1. The lowest BCUT2D eigenvalue weighted by Gasteiger charge is -2.15. The minimum absolute atomic E-state index is 0.244. The van der Waals surface area contributed by atoms with Crippen LogP contribution in [0.4, 0.5) is 5.69 Å². The van der Waals surface area contributed by atoms with Crippen molar-refractivity contribution in [3.05, 3.63) is 53.1 Å². The van der Waals surface area contributed by atoms with Gasteiger partial charge in [-0.25, -0.2) is 8.42 Å². The highest BCUT2D eigenvalue weighted by Gasteiger charge is 2.17. The summed E-state index contributed by atoms with van der Waals surface area (Å²) in [5, 5.41) is 10.8. The van der Waals surface area contributed by atoms with Crippen LogP contribution in [0.15, 0.2) is 46.2 Å². The Morgan fingerprint density at radius 1 is 1.16 bits per heavy atom. The molecule has 25 heavy (non-hydrogen) atoms. The highest BCUT2D eigenvalue weighted by Crippen LogP contribution is 2.29. The van der Waals surface area contributed by atoms with Crippen molar-refractivity contribution in [1.82, 2.24) is 0 Å². The molecule has 1 atom stereocenters. The van der Waals surface area contributed by atoms with E-state index in [1.54, 1.807) is 12.1 Å². The number of thioether (sulfide) groups is 1. The van der Waals surface area contributed by atoms with E-state index in [0.717, 1.165) is 39.8 Å². The second kappa shape index (κ2) is 7.94. The topological polar surface area (TPSA) is 70.0 Å². The molecule has 0 heterocycles. The first kappa shape index (κ1) is 19.4. The lowest BCUT2D eigenvalue weighted by molar-refractivity contribution is 0.601. The Kier molecular flexibility index (Phi) is 6.15. The zero-order chi connectivity index (χ0) is 18.6. The summed E-state index contributed by atoms with van der Waals surface area (Å²) >= 11 is 1.06. The van der Waals surface area contributed by atoms with Crippen LogP contribution >= 0.6 is 11.8 Å². The molecule has 0 unspecified atom stereocenters. The van der Waals surface area contributed by atoms with Crippen molar-refractivity contribution in [3.8, 4) is 5.40 Å². The third kappa shape index (κ3) is 4.56. The van der Waals surface area contributed by atoms with Crippen molar-refractivity contribution >= 4 is 27.5 Å². The van der Waals surface area contributed by atoms with Crippen LogP contribution in [0.2, 0.25) is 0 Å². The molecule has 132 valence electrons. The third-order valence-electron chi connectivity index (χ3n) is 4.28. The summed E-state index contributed by atoms with van der Waals surface area (Å²) in [6, 6.07) is 10.7. The van der Waals surface area contributed by atoms with Gasteiger partial charge in [-0.15, -0.1) is 0 Å².